The molecule has 3 aromatic heterocycles. The van der Waals surface area contributed by atoms with Crippen LogP contribution < -0.4 is 10.1 Å². The van der Waals surface area contributed by atoms with Gasteiger partial charge in [0.15, 0.2) is 5.82 Å². The fourth-order valence-corrected chi connectivity index (χ4v) is 3.55. The summed E-state index contributed by atoms with van der Waals surface area (Å²) in [5.74, 6) is 0.507. The fourth-order valence-electron chi connectivity index (χ4n) is 3.55. The number of ether oxygens (including phenoxy) is 1. The van der Waals surface area contributed by atoms with E-state index in [1.165, 1.54) is 18.3 Å². The van der Waals surface area contributed by atoms with E-state index in [-0.39, 0.29) is 11.7 Å². The molecular formula is C25H21FN6O2. The molecule has 2 aromatic carbocycles. The van der Waals surface area contributed by atoms with Crippen LogP contribution in [0.5, 0.6) is 5.75 Å². The zero-order chi connectivity index (χ0) is 23.3. The van der Waals surface area contributed by atoms with Gasteiger partial charge in [0.2, 0.25) is 0 Å². The Morgan fingerprint density at radius 1 is 0.971 bits per heavy atom. The first-order valence-electron chi connectivity index (χ1n) is 10.7. The third kappa shape index (κ3) is 4.58. The van der Waals surface area contributed by atoms with Gasteiger partial charge >= 0.3 is 0 Å². The topological polar surface area (TPSA) is 78.9 Å². The third-order valence-corrected chi connectivity index (χ3v) is 5.15. The van der Waals surface area contributed by atoms with Gasteiger partial charge in [-0.05, 0) is 54.6 Å². The molecule has 0 saturated carbocycles. The predicted molar refractivity (Wildman–Crippen MR) is 125 cm³/mol. The van der Waals surface area contributed by atoms with E-state index in [9.17, 15) is 9.18 Å². The lowest BCUT2D eigenvalue weighted by atomic mass is 10.2. The number of hydrogen-bond acceptors (Lipinski definition) is 4. The highest BCUT2D eigenvalue weighted by Crippen LogP contribution is 2.23. The highest BCUT2D eigenvalue weighted by molar-refractivity contribution is 6.06. The average Bonchev–Trinajstić information content (AvgIpc) is 3.61. The number of aromatic nitrogens is 5. The van der Waals surface area contributed by atoms with Gasteiger partial charge in [0.1, 0.15) is 23.7 Å². The molecule has 8 nitrogen and oxygen atoms in total. The zero-order valence-electron chi connectivity index (χ0n) is 18.1. The van der Waals surface area contributed by atoms with Gasteiger partial charge in [-0.2, -0.15) is 10.2 Å². The summed E-state index contributed by atoms with van der Waals surface area (Å²) in [6.45, 7) is 1.06. The number of anilines is 1. The maximum Gasteiger partial charge on any atom is 0.261 e. The zero-order valence-corrected chi connectivity index (χ0v) is 18.1. The molecule has 0 aliphatic rings. The lowest BCUT2D eigenvalue weighted by Crippen LogP contribution is -2.15. The van der Waals surface area contributed by atoms with Gasteiger partial charge < -0.3 is 14.6 Å². The van der Waals surface area contributed by atoms with Crippen molar-refractivity contribution in [2.45, 2.75) is 6.54 Å². The summed E-state index contributed by atoms with van der Waals surface area (Å²) >= 11 is 0. The average molecular weight is 456 g/mol. The van der Waals surface area contributed by atoms with Crippen molar-refractivity contribution in [3.8, 4) is 17.3 Å². The molecule has 0 aliphatic heterocycles. The fraction of sp³-hybridized carbons (Fsp3) is 0.0800. The Hall–Kier alpha value is -4.66. The summed E-state index contributed by atoms with van der Waals surface area (Å²) in [6, 6.07) is 18.7. The summed E-state index contributed by atoms with van der Waals surface area (Å²) in [6.07, 6.45) is 8.73. The van der Waals surface area contributed by atoms with Crippen molar-refractivity contribution >= 4 is 11.6 Å². The smallest absolute Gasteiger partial charge is 0.261 e. The number of hydrogen-bond donors (Lipinski definition) is 1. The van der Waals surface area contributed by atoms with Gasteiger partial charge in [-0.3, -0.25) is 9.48 Å². The summed E-state index contributed by atoms with van der Waals surface area (Å²) < 4.78 is 24.4. The van der Waals surface area contributed by atoms with E-state index in [1.807, 2.05) is 48.9 Å². The highest BCUT2D eigenvalue weighted by atomic mass is 19.1. The Kier molecular flexibility index (Phi) is 5.89. The predicted octanol–water partition coefficient (Wildman–Crippen LogP) is 4.33. The van der Waals surface area contributed by atoms with Crippen LogP contribution in [-0.4, -0.2) is 36.6 Å². The molecular weight excluding hydrogens is 435 g/mol. The van der Waals surface area contributed by atoms with Crippen molar-refractivity contribution in [1.29, 1.82) is 0 Å². The molecule has 5 rings (SSSR count). The van der Waals surface area contributed by atoms with Crippen molar-refractivity contribution in [3.63, 3.8) is 0 Å². The van der Waals surface area contributed by atoms with Gasteiger partial charge in [-0.25, -0.2) is 9.07 Å². The van der Waals surface area contributed by atoms with E-state index < -0.39 is 0 Å². The number of carbonyl (C=O) groups is 1. The van der Waals surface area contributed by atoms with Crippen LogP contribution in [0.15, 0.2) is 97.7 Å². The van der Waals surface area contributed by atoms with Crippen LogP contribution in [0.4, 0.5) is 10.1 Å². The number of rotatable bonds is 8. The van der Waals surface area contributed by atoms with Crippen LogP contribution >= 0.6 is 0 Å². The van der Waals surface area contributed by atoms with Crippen LogP contribution in [0, 0.1) is 5.82 Å². The molecule has 0 bridgehead atoms. The van der Waals surface area contributed by atoms with Crippen molar-refractivity contribution in [1.82, 2.24) is 24.1 Å². The molecule has 0 fully saturated rings. The lowest BCUT2D eigenvalue weighted by Gasteiger charge is -2.12. The SMILES string of the molecule is O=C(Nc1cccc(OCCn2cccn2)c1)c1cnn(-c2ccc(F)cc2)c1-n1cccc1. The molecule has 34 heavy (non-hydrogen) atoms. The molecule has 0 spiro atoms. The van der Waals surface area contributed by atoms with Crippen molar-refractivity contribution in [3.05, 3.63) is 109 Å². The Bertz CT molecular complexity index is 1380. The van der Waals surface area contributed by atoms with E-state index in [1.54, 1.807) is 44.4 Å². The molecule has 1 N–H and O–H groups in total. The largest absolute Gasteiger partial charge is 0.492 e. The Morgan fingerprint density at radius 3 is 2.56 bits per heavy atom. The standard InChI is InChI=1S/C25H21FN6O2/c26-19-7-9-21(10-8-19)32-25(30-12-1-2-13-30)23(18-28-32)24(33)29-20-5-3-6-22(17-20)34-16-15-31-14-4-11-27-31/h1-14,17-18H,15-16H2,(H,29,33). The number of nitrogens with zero attached hydrogens (tertiary/aromatic N) is 5. The number of benzene rings is 2. The summed E-state index contributed by atoms with van der Waals surface area (Å²) in [4.78, 5) is 13.2. The van der Waals surface area contributed by atoms with Gasteiger partial charge in [0, 0.05) is 36.5 Å². The van der Waals surface area contributed by atoms with E-state index in [4.69, 9.17) is 4.74 Å². The first kappa shape index (κ1) is 21.2. The maximum absolute atomic E-state index is 13.4. The lowest BCUT2D eigenvalue weighted by molar-refractivity contribution is 0.102. The van der Waals surface area contributed by atoms with Crippen molar-refractivity contribution in [2.75, 3.05) is 11.9 Å². The molecule has 0 atom stereocenters. The second-order valence-corrected chi connectivity index (χ2v) is 7.46. The minimum atomic E-state index is -0.344. The van der Waals surface area contributed by atoms with E-state index in [0.717, 1.165) is 0 Å². The number of halogens is 1. The minimum absolute atomic E-state index is 0.328. The molecule has 0 radical (unpaired) electrons. The number of nitrogens with one attached hydrogen (secondary N) is 1. The second-order valence-electron chi connectivity index (χ2n) is 7.46. The van der Waals surface area contributed by atoms with Crippen LogP contribution in [0.2, 0.25) is 0 Å². The molecule has 170 valence electrons. The molecule has 3 heterocycles. The molecule has 1 amide bonds. The quantitative estimate of drug-likeness (QED) is 0.377. The minimum Gasteiger partial charge on any atom is -0.492 e. The maximum atomic E-state index is 13.4. The van der Waals surface area contributed by atoms with Gasteiger partial charge in [0.25, 0.3) is 5.91 Å². The second kappa shape index (κ2) is 9.45. The van der Waals surface area contributed by atoms with Gasteiger partial charge in [-0.1, -0.05) is 6.07 Å². The van der Waals surface area contributed by atoms with Crippen LogP contribution in [0.25, 0.3) is 11.5 Å². The number of amides is 1. The summed E-state index contributed by atoms with van der Waals surface area (Å²) in [7, 11) is 0. The Balaban J connectivity index is 1.36. The molecule has 0 aliphatic carbocycles. The first-order chi connectivity index (χ1) is 16.7. The number of carbonyl (C=O) groups excluding carboxylic acids is 1. The first-order valence-corrected chi connectivity index (χ1v) is 10.7. The molecule has 0 unspecified atom stereocenters. The molecule has 0 saturated heterocycles. The van der Waals surface area contributed by atoms with Crippen molar-refractivity contribution in [2.24, 2.45) is 0 Å². The summed E-state index contributed by atoms with van der Waals surface area (Å²) in [5, 5.41) is 11.5. The van der Waals surface area contributed by atoms with Crippen LogP contribution in [0.1, 0.15) is 10.4 Å². The van der Waals surface area contributed by atoms with Crippen molar-refractivity contribution < 1.29 is 13.9 Å². The summed E-state index contributed by atoms with van der Waals surface area (Å²) in [5.41, 5.74) is 1.59. The highest BCUT2D eigenvalue weighted by Gasteiger charge is 2.20. The van der Waals surface area contributed by atoms with Crippen LogP contribution in [0.3, 0.4) is 0 Å². The molecule has 9 heteroatoms. The van der Waals surface area contributed by atoms with E-state index in [0.29, 0.717) is 41.7 Å². The van der Waals surface area contributed by atoms with Crippen LogP contribution in [-0.2, 0) is 6.54 Å². The monoisotopic (exact) mass is 456 g/mol. The van der Waals surface area contributed by atoms with Gasteiger partial charge in [-0.15, -0.1) is 0 Å². The van der Waals surface area contributed by atoms with Gasteiger partial charge in [0.05, 0.1) is 18.4 Å². The normalized spacial score (nSPS) is 10.9. The Labute approximate surface area is 194 Å². The Morgan fingerprint density at radius 2 is 1.79 bits per heavy atom. The molecule has 5 aromatic rings. The van der Waals surface area contributed by atoms with E-state index >= 15 is 0 Å². The third-order valence-electron chi connectivity index (χ3n) is 5.15. The van der Waals surface area contributed by atoms with E-state index in [2.05, 4.69) is 15.5 Å².